The minimum atomic E-state index is -0.00463. The van der Waals surface area contributed by atoms with Crippen LogP contribution in [0.4, 0.5) is 34.1 Å². The average molecular weight is 745 g/mol. The number of hydrogen-bond donors (Lipinski definition) is 0. The highest BCUT2D eigenvalue weighted by Gasteiger charge is 2.46. The molecular weight excluding hydrogens is 691 g/mol. The van der Waals surface area contributed by atoms with Gasteiger partial charge < -0.3 is 19.3 Å². The summed E-state index contributed by atoms with van der Waals surface area (Å²) in [6.45, 7) is 28.7. The first-order chi connectivity index (χ1) is 25.9. The fourth-order valence-corrected chi connectivity index (χ4v) is 10.3. The molecule has 55 heavy (non-hydrogen) atoms. The van der Waals surface area contributed by atoms with Gasteiger partial charge in [-0.3, -0.25) is 0 Å². The summed E-state index contributed by atoms with van der Waals surface area (Å²) in [5.74, 6) is 1.69. The summed E-state index contributed by atoms with van der Waals surface area (Å²) in [5, 5.41) is 1.31. The van der Waals surface area contributed by atoms with Gasteiger partial charge in [-0.2, -0.15) is 0 Å². The van der Waals surface area contributed by atoms with Crippen LogP contribution < -0.4 is 35.0 Å². The van der Waals surface area contributed by atoms with Gasteiger partial charge in [-0.15, -0.1) is 11.3 Å². The Balaban J connectivity index is 1.41. The molecule has 0 amide bonds. The number of ether oxygens (including phenoxy) is 2. The molecule has 0 saturated heterocycles. The maximum Gasteiger partial charge on any atom is 0.264 e. The summed E-state index contributed by atoms with van der Waals surface area (Å²) in [4.78, 5) is 5.14. The SMILES string of the molecule is Cc1cc2c3c(c1)N(c1c(C)cc4c(c1C)OCCO4)c1c(sc4ccc(C(C)(C)C)cc14)B3c1cc(C(C)(C)C)ccc1N2c1ccc(C(C)(C)C)cc1. The summed E-state index contributed by atoms with van der Waals surface area (Å²) < 4.78 is 15.3. The van der Waals surface area contributed by atoms with Crippen LogP contribution in [0.5, 0.6) is 11.5 Å². The van der Waals surface area contributed by atoms with Crippen LogP contribution >= 0.6 is 11.3 Å². The molecule has 0 aliphatic carbocycles. The molecule has 0 atom stereocenters. The Morgan fingerprint density at radius 3 is 1.87 bits per heavy atom. The van der Waals surface area contributed by atoms with Crippen molar-refractivity contribution in [3.8, 4) is 11.5 Å². The van der Waals surface area contributed by atoms with Crippen molar-refractivity contribution >= 4 is 78.0 Å². The summed E-state index contributed by atoms with van der Waals surface area (Å²) in [7, 11) is 0. The summed E-state index contributed by atoms with van der Waals surface area (Å²) >= 11 is 1.96. The van der Waals surface area contributed by atoms with Crippen LogP contribution in [0.1, 0.15) is 95.7 Å². The van der Waals surface area contributed by atoms with E-state index < -0.39 is 0 Å². The van der Waals surface area contributed by atoms with Gasteiger partial charge in [0.2, 0.25) is 0 Å². The molecule has 3 aliphatic heterocycles. The van der Waals surface area contributed by atoms with Crippen LogP contribution in [0, 0.1) is 20.8 Å². The fourth-order valence-electron chi connectivity index (χ4n) is 9.02. The number of fused-ring (bicyclic) bond motifs is 7. The van der Waals surface area contributed by atoms with Crippen molar-refractivity contribution in [2.75, 3.05) is 23.0 Å². The number of aryl methyl sites for hydroxylation is 2. The number of anilines is 6. The van der Waals surface area contributed by atoms with Crippen molar-refractivity contribution in [3.05, 3.63) is 112 Å². The molecule has 5 aromatic carbocycles. The van der Waals surface area contributed by atoms with Gasteiger partial charge in [0.1, 0.15) is 13.2 Å². The van der Waals surface area contributed by atoms with Gasteiger partial charge in [-0.25, -0.2) is 0 Å². The fraction of sp³-hybridized carbons (Fsp3) is 0.347. The van der Waals surface area contributed by atoms with Gasteiger partial charge in [0.15, 0.2) is 11.5 Å². The third-order valence-corrected chi connectivity index (χ3v) is 13.2. The van der Waals surface area contributed by atoms with Crippen LogP contribution in [-0.2, 0) is 16.2 Å². The first-order valence-corrected chi connectivity index (χ1v) is 20.7. The Morgan fingerprint density at radius 2 is 1.20 bits per heavy atom. The Kier molecular flexibility index (Phi) is 7.96. The molecule has 0 N–H and O–H groups in total. The lowest BCUT2D eigenvalue weighted by atomic mass is 9.36. The number of hydrogen-bond acceptors (Lipinski definition) is 5. The molecule has 0 saturated carbocycles. The van der Waals surface area contributed by atoms with E-state index in [0.717, 1.165) is 17.1 Å². The van der Waals surface area contributed by atoms with Gasteiger partial charge in [-0.05, 0) is 124 Å². The van der Waals surface area contributed by atoms with Gasteiger partial charge in [0, 0.05) is 43.2 Å². The second kappa shape index (κ2) is 12.2. The van der Waals surface area contributed by atoms with Crippen molar-refractivity contribution in [1.82, 2.24) is 0 Å². The van der Waals surface area contributed by atoms with E-state index in [4.69, 9.17) is 9.47 Å². The van der Waals surface area contributed by atoms with Crippen LogP contribution in [0.15, 0.2) is 78.9 Å². The molecule has 280 valence electrons. The number of rotatable bonds is 2. The predicted molar refractivity (Wildman–Crippen MR) is 237 cm³/mol. The van der Waals surface area contributed by atoms with Crippen LogP contribution in [0.3, 0.4) is 0 Å². The van der Waals surface area contributed by atoms with Crippen molar-refractivity contribution in [2.24, 2.45) is 0 Å². The largest absolute Gasteiger partial charge is 0.486 e. The molecule has 0 bridgehead atoms. The van der Waals surface area contributed by atoms with E-state index >= 15 is 0 Å². The Bertz CT molecular complexity index is 2550. The van der Waals surface area contributed by atoms with Crippen LogP contribution in [0.2, 0.25) is 0 Å². The van der Waals surface area contributed by atoms with Gasteiger partial charge in [0.25, 0.3) is 6.71 Å². The predicted octanol–water partition coefficient (Wildman–Crippen LogP) is 11.6. The third kappa shape index (κ3) is 5.61. The lowest BCUT2D eigenvalue weighted by Gasteiger charge is -2.44. The van der Waals surface area contributed by atoms with Crippen molar-refractivity contribution < 1.29 is 9.47 Å². The van der Waals surface area contributed by atoms with Crippen LogP contribution in [0.25, 0.3) is 10.1 Å². The minimum Gasteiger partial charge on any atom is -0.486 e. The molecule has 9 rings (SSSR count). The molecule has 0 unspecified atom stereocenters. The maximum absolute atomic E-state index is 6.39. The number of nitrogens with zero attached hydrogens (tertiary/aromatic N) is 2. The van der Waals surface area contributed by atoms with E-state index in [1.54, 1.807) is 0 Å². The lowest BCUT2D eigenvalue weighted by molar-refractivity contribution is 0.170. The summed E-state index contributed by atoms with van der Waals surface area (Å²) in [5.41, 5.74) is 17.7. The van der Waals surface area contributed by atoms with Gasteiger partial charge in [0.05, 0.1) is 11.4 Å². The maximum atomic E-state index is 6.39. The molecular formula is C49H53BN2O2S. The standard InChI is InChI=1S/C49H53BN2O2S/c1-28-23-38-42-39(24-28)52(43-29(2)25-40-45(30(43)3)54-22-21-53-40)44-35-26-32(48(7,8)9)16-20-41(35)55-46(44)50(42)36-27-33(49(10,11)12)15-19-37(36)51(38)34-17-13-31(14-18-34)47(4,5)6/h13-20,23-27H,21-22H2,1-12H3. The van der Waals surface area contributed by atoms with E-state index in [2.05, 4.69) is 172 Å². The minimum absolute atomic E-state index is 0.00463. The molecule has 0 radical (unpaired) electrons. The highest BCUT2D eigenvalue weighted by atomic mass is 32.1. The van der Waals surface area contributed by atoms with Crippen molar-refractivity contribution in [2.45, 2.75) is 99.3 Å². The molecule has 3 aliphatic rings. The van der Waals surface area contributed by atoms with E-state index in [-0.39, 0.29) is 23.0 Å². The molecule has 0 fully saturated rings. The van der Waals surface area contributed by atoms with E-state index in [1.165, 1.54) is 87.7 Å². The zero-order valence-electron chi connectivity index (χ0n) is 34.6. The van der Waals surface area contributed by atoms with Gasteiger partial charge in [-0.1, -0.05) is 92.6 Å². The average Bonchev–Trinajstić information content (AvgIpc) is 3.49. The van der Waals surface area contributed by atoms with Crippen molar-refractivity contribution in [1.29, 1.82) is 0 Å². The van der Waals surface area contributed by atoms with Crippen molar-refractivity contribution in [3.63, 3.8) is 0 Å². The van der Waals surface area contributed by atoms with E-state index in [9.17, 15) is 0 Å². The highest BCUT2D eigenvalue weighted by Crippen LogP contribution is 2.52. The van der Waals surface area contributed by atoms with Crippen LogP contribution in [-0.4, -0.2) is 19.9 Å². The molecule has 0 spiro atoms. The first-order valence-electron chi connectivity index (χ1n) is 19.9. The zero-order chi connectivity index (χ0) is 38.9. The molecule has 4 nitrogen and oxygen atoms in total. The molecule has 4 heterocycles. The zero-order valence-corrected chi connectivity index (χ0v) is 35.4. The summed E-state index contributed by atoms with van der Waals surface area (Å²) in [6, 6.07) is 30.8. The first kappa shape index (κ1) is 36.0. The molecule has 6 aromatic rings. The number of benzene rings is 5. The smallest absolute Gasteiger partial charge is 0.264 e. The third-order valence-electron chi connectivity index (χ3n) is 12.0. The highest BCUT2D eigenvalue weighted by molar-refractivity contribution is 7.33. The second-order valence-corrected chi connectivity index (χ2v) is 20.2. The quantitative estimate of drug-likeness (QED) is 0.165. The second-order valence-electron chi connectivity index (χ2n) is 19.1. The van der Waals surface area contributed by atoms with E-state index in [1.807, 2.05) is 11.3 Å². The summed E-state index contributed by atoms with van der Waals surface area (Å²) in [6.07, 6.45) is 0. The Morgan fingerprint density at radius 1 is 0.600 bits per heavy atom. The van der Waals surface area contributed by atoms with Gasteiger partial charge >= 0.3 is 0 Å². The lowest BCUT2D eigenvalue weighted by Crippen LogP contribution is -2.60. The normalized spacial score (nSPS) is 14.9. The topological polar surface area (TPSA) is 24.9 Å². The Labute approximate surface area is 332 Å². The molecule has 1 aromatic heterocycles. The molecule has 6 heteroatoms. The Hall–Kier alpha value is -4.68. The van der Waals surface area contributed by atoms with E-state index in [0.29, 0.717) is 13.2 Å². The number of thiophene rings is 1. The monoisotopic (exact) mass is 744 g/mol.